The molecule has 0 amide bonds. The lowest BCUT2D eigenvalue weighted by Crippen LogP contribution is -2.12. The summed E-state index contributed by atoms with van der Waals surface area (Å²) in [6.45, 7) is 2.44. The van der Waals surface area contributed by atoms with E-state index in [4.69, 9.17) is 4.74 Å². The van der Waals surface area contributed by atoms with Crippen LogP contribution in [0.5, 0.6) is 11.6 Å². The Labute approximate surface area is 209 Å². The first kappa shape index (κ1) is 24.9. The molecule has 0 spiro atoms. The van der Waals surface area contributed by atoms with Gasteiger partial charge in [0.2, 0.25) is 11.7 Å². The highest BCUT2D eigenvalue weighted by atomic mass is 19.4. The van der Waals surface area contributed by atoms with Crippen LogP contribution in [0.2, 0.25) is 0 Å². The number of pyridine rings is 3. The van der Waals surface area contributed by atoms with Crippen LogP contribution in [-0.4, -0.2) is 35.2 Å². The van der Waals surface area contributed by atoms with Gasteiger partial charge in [0.05, 0.1) is 27.7 Å². The van der Waals surface area contributed by atoms with Gasteiger partial charge in [-0.3, -0.25) is 9.78 Å². The maximum Gasteiger partial charge on any atom is 0.418 e. The number of ether oxygens (including phenoxy) is 1. The summed E-state index contributed by atoms with van der Waals surface area (Å²) < 4.78 is 76.1. The highest BCUT2D eigenvalue weighted by Gasteiger charge is 2.35. The summed E-state index contributed by atoms with van der Waals surface area (Å²) in [5.41, 5.74) is -2.03. The lowest BCUT2D eigenvalue weighted by Gasteiger charge is -2.18. The van der Waals surface area contributed by atoms with E-state index in [9.17, 15) is 26.7 Å². The Morgan fingerprint density at radius 1 is 1.05 bits per heavy atom. The van der Waals surface area contributed by atoms with Crippen LogP contribution in [0.15, 0.2) is 41.5 Å². The van der Waals surface area contributed by atoms with Gasteiger partial charge in [-0.1, -0.05) is 0 Å². The molecular weight excluding hydrogens is 513 g/mol. The summed E-state index contributed by atoms with van der Waals surface area (Å²) in [7, 11) is 1.56. The van der Waals surface area contributed by atoms with Crippen LogP contribution in [0.4, 0.5) is 22.0 Å². The standard InChI is InChI=1S/C24H16F5N7O2/c1-10-12(24(27,28)29)9-31-23(38-17-5-4-13(25)20(26)11(17)2)18(10)15-8-16(37)19-14(32-15)6-7-30-21(19)22-33-34-35-36(22)3/h4-9H,1-3H3,(H,32,37). The SMILES string of the molecule is Cc1c(Oc2ncc(C(F)(F)F)c(C)c2-c2cc(=O)c3c(-c4nnnn4C)nccc3[nH]2)ccc(F)c1F. The van der Waals surface area contributed by atoms with Crippen molar-refractivity contribution in [1.29, 1.82) is 0 Å². The number of nitrogens with zero attached hydrogens (tertiary/aromatic N) is 6. The van der Waals surface area contributed by atoms with Crippen molar-refractivity contribution in [2.75, 3.05) is 0 Å². The van der Waals surface area contributed by atoms with Gasteiger partial charge in [-0.2, -0.15) is 13.2 Å². The van der Waals surface area contributed by atoms with Gasteiger partial charge in [0, 0.05) is 31.1 Å². The number of aryl methyl sites for hydroxylation is 1. The molecular formula is C24H16F5N7O2. The third-order valence-corrected chi connectivity index (χ3v) is 5.95. The van der Waals surface area contributed by atoms with E-state index in [0.717, 1.165) is 18.2 Å². The summed E-state index contributed by atoms with van der Waals surface area (Å²) in [6.07, 6.45) is -2.81. The predicted molar refractivity (Wildman–Crippen MR) is 124 cm³/mol. The van der Waals surface area contributed by atoms with Gasteiger partial charge in [-0.15, -0.1) is 5.10 Å². The predicted octanol–water partition coefficient (Wildman–Crippen LogP) is 4.88. The minimum absolute atomic E-state index is 0.0536. The quantitative estimate of drug-likeness (QED) is 0.330. The first-order valence-electron chi connectivity index (χ1n) is 10.9. The van der Waals surface area contributed by atoms with Crippen molar-refractivity contribution in [2.45, 2.75) is 20.0 Å². The topological polar surface area (TPSA) is 111 Å². The molecule has 0 fully saturated rings. The number of aromatic amines is 1. The fourth-order valence-corrected chi connectivity index (χ4v) is 4.04. The number of aromatic nitrogens is 7. The van der Waals surface area contributed by atoms with E-state index < -0.39 is 28.8 Å². The van der Waals surface area contributed by atoms with E-state index in [2.05, 4.69) is 30.5 Å². The van der Waals surface area contributed by atoms with Crippen LogP contribution in [0, 0.1) is 25.5 Å². The van der Waals surface area contributed by atoms with Gasteiger partial charge in [0.15, 0.2) is 17.1 Å². The molecule has 4 heterocycles. The van der Waals surface area contributed by atoms with E-state index in [1.165, 1.54) is 30.8 Å². The lowest BCUT2D eigenvalue weighted by atomic mass is 10.0. The van der Waals surface area contributed by atoms with Gasteiger partial charge >= 0.3 is 6.18 Å². The first-order valence-corrected chi connectivity index (χ1v) is 10.9. The highest BCUT2D eigenvalue weighted by molar-refractivity contribution is 5.92. The summed E-state index contributed by atoms with van der Waals surface area (Å²) in [4.78, 5) is 24.3. The Morgan fingerprint density at radius 2 is 1.82 bits per heavy atom. The Bertz CT molecular complexity index is 1780. The van der Waals surface area contributed by atoms with Crippen LogP contribution in [-0.2, 0) is 13.2 Å². The molecule has 0 aliphatic heterocycles. The van der Waals surface area contributed by atoms with Crippen LogP contribution in [0.1, 0.15) is 16.7 Å². The summed E-state index contributed by atoms with van der Waals surface area (Å²) in [6, 6.07) is 4.49. The van der Waals surface area contributed by atoms with Crippen LogP contribution >= 0.6 is 0 Å². The fraction of sp³-hybridized carbons (Fsp3) is 0.167. The zero-order chi connectivity index (χ0) is 27.4. The molecule has 0 atom stereocenters. The molecule has 1 aromatic carbocycles. The molecule has 0 saturated carbocycles. The second kappa shape index (κ2) is 8.97. The molecule has 0 radical (unpaired) electrons. The van der Waals surface area contributed by atoms with Gasteiger partial charge < -0.3 is 9.72 Å². The van der Waals surface area contributed by atoms with Crippen molar-refractivity contribution in [1.82, 2.24) is 35.2 Å². The normalized spacial score (nSPS) is 11.8. The summed E-state index contributed by atoms with van der Waals surface area (Å²) in [5, 5.41) is 11.2. The number of alkyl halides is 3. The molecule has 9 nitrogen and oxygen atoms in total. The van der Waals surface area contributed by atoms with Crippen LogP contribution in [0.3, 0.4) is 0 Å². The van der Waals surface area contributed by atoms with E-state index in [-0.39, 0.29) is 56.4 Å². The van der Waals surface area contributed by atoms with Crippen molar-refractivity contribution in [3.63, 3.8) is 0 Å². The molecule has 1 N–H and O–H groups in total. The second-order valence-corrected chi connectivity index (χ2v) is 8.32. The zero-order valence-corrected chi connectivity index (χ0v) is 19.9. The monoisotopic (exact) mass is 529 g/mol. The average Bonchev–Trinajstić information content (AvgIpc) is 3.28. The highest BCUT2D eigenvalue weighted by Crippen LogP contribution is 2.41. The number of H-pyrrole nitrogens is 1. The van der Waals surface area contributed by atoms with Crippen LogP contribution < -0.4 is 10.2 Å². The summed E-state index contributed by atoms with van der Waals surface area (Å²) >= 11 is 0. The molecule has 0 aliphatic carbocycles. The van der Waals surface area contributed by atoms with Gasteiger partial charge in [-0.25, -0.2) is 18.4 Å². The van der Waals surface area contributed by atoms with Crippen LogP contribution in [0.25, 0.3) is 33.7 Å². The first-order chi connectivity index (χ1) is 18.0. The number of halogens is 5. The number of benzene rings is 1. The molecule has 0 saturated heterocycles. The minimum Gasteiger partial charge on any atom is -0.438 e. The molecule has 38 heavy (non-hydrogen) atoms. The maximum atomic E-state index is 14.1. The van der Waals surface area contributed by atoms with Crippen molar-refractivity contribution < 1.29 is 26.7 Å². The molecule has 14 heteroatoms. The molecule has 0 bridgehead atoms. The third-order valence-electron chi connectivity index (χ3n) is 5.95. The largest absolute Gasteiger partial charge is 0.438 e. The van der Waals surface area contributed by atoms with Crippen molar-refractivity contribution in [2.24, 2.45) is 7.05 Å². The zero-order valence-electron chi connectivity index (χ0n) is 19.9. The smallest absolute Gasteiger partial charge is 0.418 e. The van der Waals surface area contributed by atoms with E-state index in [1.54, 1.807) is 7.05 Å². The second-order valence-electron chi connectivity index (χ2n) is 8.32. The van der Waals surface area contributed by atoms with E-state index >= 15 is 0 Å². The van der Waals surface area contributed by atoms with Gasteiger partial charge in [0.25, 0.3) is 0 Å². The lowest BCUT2D eigenvalue weighted by molar-refractivity contribution is -0.138. The average molecular weight is 529 g/mol. The third kappa shape index (κ3) is 4.13. The Morgan fingerprint density at radius 3 is 2.50 bits per heavy atom. The molecule has 0 unspecified atom stereocenters. The molecule has 5 aromatic rings. The van der Waals surface area contributed by atoms with Crippen molar-refractivity contribution in [3.8, 4) is 34.4 Å². The Kier molecular flexibility index (Phi) is 5.88. The van der Waals surface area contributed by atoms with Crippen molar-refractivity contribution >= 4 is 10.9 Å². The molecule has 194 valence electrons. The van der Waals surface area contributed by atoms with Crippen molar-refractivity contribution in [3.05, 3.63) is 75.2 Å². The Hall–Kier alpha value is -4.75. The van der Waals surface area contributed by atoms with E-state index in [0.29, 0.717) is 6.20 Å². The maximum absolute atomic E-state index is 14.1. The number of hydrogen-bond acceptors (Lipinski definition) is 7. The van der Waals surface area contributed by atoms with Gasteiger partial charge in [0.1, 0.15) is 11.4 Å². The number of rotatable bonds is 4. The molecule has 0 aliphatic rings. The number of fused-ring (bicyclic) bond motifs is 1. The number of nitrogens with one attached hydrogen (secondary N) is 1. The summed E-state index contributed by atoms with van der Waals surface area (Å²) in [5.74, 6) is -2.62. The Balaban J connectivity index is 1.75. The molecule has 5 rings (SSSR count). The molecule has 4 aromatic heterocycles. The van der Waals surface area contributed by atoms with E-state index in [1.807, 2.05) is 0 Å². The minimum atomic E-state index is -4.77. The fourth-order valence-electron chi connectivity index (χ4n) is 4.04. The van der Waals surface area contributed by atoms with Gasteiger partial charge in [-0.05, 0) is 48.0 Å². The number of tetrazole rings is 1. The number of hydrogen-bond donors (Lipinski definition) is 1.